The summed E-state index contributed by atoms with van der Waals surface area (Å²) in [6.07, 6.45) is -1.16. The summed E-state index contributed by atoms with van der Waals surface area (Å²) >= 11 is 0. The smallest absolute Gasteiger partial charge is 0.246 e. The number of carbonyl (C=O) groups excluding carboxylic acids is 1. The van der Waals surface area contributed by atoms with Crippen molar-refractivity contribution in [1.29, 1.82) is 0 Å². The van der Waals surface area contributed by atoms with Gasteiger partial charge in [0.1, 0.15) is 0 Å². The van der Waals surface area contributed by atoms with Crippen LogP contribution in [0.4, 0.5) is 0 Å². The highest BCUT2D eigenvalue weighted by Crippen LogP contribution is 1.94. The van der Waals surface area contributed by atoms with Crippen LogP contribution >= 0.6 is 0 Å². The van der Waals surface area contributed by atoms with Crippen molar-refractivity contribution in [1.82, 2.24) is 5.32 Å². The molecule has 0 aliphatic rings. The van der Waals surface area contributed by atoms with Crippen LogP contribution in [0, 0.1) is 0 Å². The Bertz CT molecular complexity index is 193. The number of aliphatic hydroxyl groups is 3. The van der Waals surface area contributed by atoms with Crippen molar-refractivity contribution in [2.45, 2.75) is 19.1 Å². The minimum absolute atomic E-state index is 0.281. The van der Waals surface area contributed by atoms with E-state index in [1.165, 1.54) is 6.92 Å². The maximum Gasteiger partial charge on any atom is 0.246 e. The van der Waals surface area contributed by atoms with Gasteiger partial charge in [-0.1, -0.05) is 6.58 Å². The second-order valence-electron chi connectivity index (χ2n) is 2.79. The molecule has 0 spiro atoms. The fourth-order valence-electron chi connectivity index (χ4n) is 0.682. The molecule has 1 amide bonds. The predicted octanol–water partition coefficient (Wildman–Crippen LogP) is -1.61. The zero-order valence-electron chi connectivity index (χ0n) is 7.53. The highest BCUT2D eigenvalue weighted by Gasteiger charge is 2.19. The Kier molecular flexibility index (Phi) is 5.29. The minimum Gasteiger partial charge on any atom is -0.394 e. The Morgan fingerprint density at radius 3 is 2.31 bits per heavy atom. The van der Waals surface area contributed by atoms with Crippen LogP contribution in [-0.2, 0) is 4.79 Å². The minimum atomic E-state index is -1.16. The van der Waals surface area contributed by atoms with Gasteiger partial charge in [0.05, 0.1) is 25.4 Å². The van der Waals surface area contributed by atoms with E-state index in [1.807, 2.05) is 0 Å². The summed E-state index contributed by atoms with van der Waals surface area (Å²) in [6, 6.07) is -0.853. The van der Waals surface area contributed by atoms with Gasteiger partial charge in [-0.2, -0.15) is 0 Å². The van der Waals surface area contributed by atoms with E-state index in [2.05, 4.69) is 11.9 Å². The monoisotopic (exact) mass is 189 g/mol. The molecule has 0 saturated heterocycles. The van der Waals surface area contributed by atoms with Crippen LogP contribution in [0.2, 0.25) is 0 Å². The summed E-state index contributed by atoms with van der Waals surface area (Å²) in [5.41, 5.74) is 0.281. The number of hydrogen-bond donors (Lipinski definition) is 4. The third-order valence-electron chi connectivity index (χ3n) is 1.55. The zero-order valence-corrected chi connectivity index (χ0v) is 7.53. The fourth-order valence-corrected chi connectivity index (χ4v) is 0.682. The van der Waals surface area contributed by atoms with E-state index in [9.17, 15) is 4.79 Å². The molecule has 0 rings (SSSR count). The maximum absolute atomic E-state index is 11.0. The third-order valence-corrected chi connectivity index (χ3v) is 1.55. The molecule has 76 valence electrons. The SMILES string of the molecule is C=C(C)C(=O)NC(CO)C(O)CO. The fraction of sp³-hybridized carbons (Fsp3) is 0.625. The van der Waals surface area contributed by atoms with Gasteiger partial charge in [-0.25, -0.2) is 0 Å². The molecule has 4 N–H and O–H groups in total. The molecule has 0 aliphatic carbocycles. The van der Waals surface area contributed by atoms with Crippen LogP contribution in [0.5, 0.6) is 0 Å². The topological polar surface area (TPSA) is 89.8 Å². The molecular weight excluding hydrogens is 174 g/mol. The van der Waals surface area contributed by atoms with E-state index in [-0.39, 0.29) is 5.57 Å². The zero-order chi connectivity index (χ0) is 10.4. The third kappa shape index (κ3) is 4.02. The van der Waals surface area contributed by atoms with E-state index < -0.39 is 31.3 Å². The molecule has 0 fully saturated rings. The molecule has 5 nitrogen and oxygen atoms in total. The van der Waals surface area contributed by atoms with Crippen molar-refractivity contribution in [3.05, 3.63) is 12.2 Å². The lowest BCUT2D eigenvalue weighted by Crippen LogP contribution is -2.47. The lowest BCUT2D eigenvalue weighted by atomic mass is 10.1. The first kappa shape index (κ1) is 12.1. The van der Waals surface area contributed by atoms with Gasteiger partial charge in [0.2, 0.25) is 5.91 Å². The first-order chi connectivity index (χ1) is 6.02. The average Bonchev–Trinajstić information content (AvgIpc) is 2.12. The lowest BCUT2D eigenvalue weighted by molar-refractivity contribution is -0.119. The second kappa shape index (κ2) is 5.69. The molecule has 0 aromatic rings. The molecule has 0 aromatic carbocycles. The Hall–Kier alpha value is -0.910. The molecule has 0 radical (unpaired) electrons. The Balaban J connectivity index is 4.12. The maximum atomic E-state index is 11.0. The summed E-state index contributed by atoms with van der Waals surface area (Å²) in [4.78, 5) is 11.0. The number of aliphatic hydroxyl groups excluding tert-OH is 3. The van der Waals surface area contributed by atoms with Crippen LogP contribution in [0.25, 0.3) is 0 Å². The van der Waals surface area contributed by atoms with E-state index in [0.717, 1.165) is 0 Å². The Morgan fingerprint density at radius 1 is 1.46 bits per heavy atom. The van der Waals surface area contributed by atoms with Crippen molar-refractivity contribution >= 4 is 5.91 Å². The van der Waals surface area contributed by atoms with Crippen molar-refractivity contribution in [2.24, 2.45) is 0 Å². The van der Waals surface area contributed by atoms with Gasteiger partial charge >= 0.3 is 0 Å². The van der Waals surface area contributed by atoms with E-state index in [1.54, 1.807) is 0 Å². The van der Waals surface area contributed by atoms with Crippen molar-refractivity contribution < 1.29 is 20.1 Å². The highest BCUT2D eigenvalue weighted by molar-refractivity contribution is 5.92. The lowest BCUT2D eigenvalue weighted by Gasteiger charge is -2.20. The number of amides is 1. The Morgan fingerprint density at radius 2 is 2.00 bits per heavy atom. The van der Waals surface area contributed by atoms with E-state index in [4.69, 9.17) is 15.3 Å². The molecule has 2 atom stereocenters. The first-order valence-electron chi connectivity index (χ1n) is 3.89. The van der Waals surface area contributed by atoms with Crippen molar-refractivity contribution in [2.75, 3.05) is 13.2 Å². The molecule has 0 bridgehead atoms. The Labute approximate surface area is 76.7 Å². The highest BCUT2D eigenvalue weighted by atomic mass is 16.3. The summed E-state index contributed by atoms with van der Waals surface area (Å²) in [5.74, 6) is -0.452. The van der Waals surface area contributed by atoms with Gasteiger partial charge in [0, 0.05) is 5.57 Å². The first-order valence-corrected chi connectivity index (χ1v) is 3.89. The van der Waals surface area contributed by atoms with E-state index in [0.29, 0.717) is 0 Å². The molecule has 0 aliphatic heterocycles. The van der Waals surface area contributed by atoms with E-state index >= 15 is 0 Å². The molecule has 13 heavy (non-hydrogen) atoms. The van der Waals surface area contributed by atoms with Crippen LogP contribution in [0.15, 0.2) is 12.2 Å². The summed E-state index contributed by atoms with van der Waals surface area (Å²) in [6.45, 7) is 3.96. The number of nitrogens with one attached hydrogen (secondary N) is 1. The van der Waals surface area contributed by atoms with Gasteiger partial charge in [-0.05, 0) is 6.92 Å². The standard InChI is InChI=1S/C8H15NO4/c1-5(2)8(13)9-6(3-10)7(12)4-11/h6-7,10-12H,1,3-4H2,2H3,(H,9,13). The van der Waals surface area contributed by atoms with Crippen LogP contribution in [0.1, 0.15) is 6.92 Å². The molecule has 5 heteroatoms. The molecule has 0 heterocycles. The summed E-state index contributed by atoms with van der Waals surface area (Å²) in [5, 5.41) is 28.7. The largest absolute Gasteiger partial charge is 0.394 e. The quantitative estimate of drug-likeness (QED) is 0.392. The van der Waals surface area contributed by atoms with Crippen LogP contribution in [0.3, 0.4) is 0 Å². The normalized spacial score (nSPS) is 14.8. The van der Waals surface area contributed by atoms with Crippen LogP contribution in [-0.4, -0.2) is 46.6 Å². The van der Waals surface area contributed by atoms with Crippen molar-refractivity contribution in [3.8, 4) is 0 Å². The molecular formula is C8H15NO4. The average molecular weight is 189 g/mol. The predicted molar refractivity (Wildman–Crippen MR) is 46.9 cm³/mol. The van der Waals surface area contributed by atoms with Gasteiger partial charge in [-0.3, -0.25) is 4.79 Å². The molecule has 0 saturated carbocycles. The number of carbonyl (C=O) groups is 1. The van der Waals surface area contributed by atoms with Gasteiger partial charge < -0.3 is 20.6 Å². The number of rotatable bonds is 5. The van der Waals surface area contributed by atoms with Gasteiger partial charge in [-0.15, -0.1) is 0 Å². The number of hydrogen-bond acceptors (Lipinski definition) is 4. The van der Waals surface area contributed by atoms with Gasteiger partial charge in [0.15, 0.2) is 0 Å². The molecule has 0 aromatic heterocycles. The second-order valence-corrected chi connectivity index (χ2v) is 2.79. The van der Waals surface area contributed by atoms with Gasteiger partial charge in [0.25, 0.3) is 0 Å². The van der Waals surface area contributed by atoms with Crippen LogP contribution < -0.4 is 5.32 Å². The summed E-state index contributed by atoms with van der Waals surface area (Å²) < 4.78 is 0. The molecule has 2 unspecified atom stereocenters. The van der Waals surface area contributed by atoms with Crippen molar-refractivity contribution in [3.63, 3.8) is 0 Å². The summed E-state index contributed by atoms with van der Waals surface area (Å²) in [7, 11) is 0.